The molecule has 0 radical (unpaired) electrons. The predicted molar refractivity (Wildman–Crippen MR) is 90.7 cm³/mol. The molecule has 21 heavy (non-hydrogen) atoms. The molecule has 1 aromatic carbocycles. The third-order valence-electron chi connectivity index (χ3n) is 3.93. The van der Waals surface area contributed by atoms with Gasteiger partial charge in [0.2, 0.25) is 0 Å². The molecule has 1 aromatic rings. The molecule has 0 aliphatic carbocycles. The highest BCUT2D eigenvalue weighted by Crippen LogP contribution is 2.35. The highest BCUT2D eigenvalue weighted by Gasteiger charge is 2.33. The molecule has 1 heterocycles. The van der Waals surface area contributed by atoms with E-state index in [1.54, 1.807) is 0 Å². The second-order valence-electron chi connectivity index (χ2n) is 5.25. The van der Waals surface area contributed by atoms with E-state index in [9.17, 15) is 4.79 Å². The van der Waals surface area contributed by atoms with Crippen molar-refractivity contribution in [2.45, 2.75) is 46.0 Å². The Hall–Kier alpha value is -1.03. The maximum atomic E-state index is 11.7. The molecule has 0 N–H and O–H groups in total. The minimum absolute atomic E-state index is 0.156. The van der Waals surface area contributed by atoms with Crippen molar-refractivity contribution < 1.29 is 9.53 Å². The molecule has 118 valence electrons. The summed E-state index contributed by atoms with van der Waals surface area (Å²) in [5, 5.41) is 0. The normalized spacial score (nSPS) is 16.7. The molecule has 1 fully saturated rings. The number of hydrogen-bond acceptors (Lipinski definition) is 2. The van der Waals surface area contributed by atoms with E-state index in [0.29, 0.717) is 6.61 Å². The topological polar surface area (TPSA) is 29.5 Å². The molecular formula is C17H26BrNO2. The van der Waals surface area contributed by atoms with Gasteiger partial charge in [0, 0.05) is 17.6 Å². The van der Waals surface area contributed by atoms with Gasteiger partial charge in [-0.25, -0.2) is 4.79 Å². The molecule has 1 aliphatic rings. The molecule has 0 spiro atoms. The molecule has 1 aliphatic heterocycles. The number of benzene rings is 1. The van der Waals surface area contributed by atoms with Crippen molar-refractivity contribution in [2.75, 3.05) is 19.7 Å². The summed E-state index contributed by atoms with van der Waals surface area (Å²) in [6, 6.07) is 8.50. The summed E-state index contributed by atoms with van der Waals surface area (Å²) in [4.78, 5) is 13.5. The minimum Gasteiger partial charge on any atom is -0.450 e. The number of carbonyl (C=O) groups is 1. The van der Waals surface area contributed by atoms with Gasteiger partial charge in [-0.05, 0) is 42.9 Å². The number of likely N-dealkylation sites (tertiary alicyclic amines) is 1. The first kappa shape index (κ1) is 18.0. The maximum Gasteiger partial charge on any atom is 0.409 e. The van der Waals surface area contributed by atoms with Crippen LogP contribution in [0.2, 0.25) is 0 Å². The van der Waals surface area contributed by atoms with Crippen LogP contribution in [0.25, 0.3) is 0 Å². The Kier molecular flexibility index (Phi) is 7.23. The number of halogens is 1. The molecule has 0 aromatic heterocycles. The first-order valence-electron chi connectivity index (χ1n) is 7.73. The van der Waals surface area contributed by atoms with E-state index in [2.05, 4.69) is 47.1 Å². The van der Waals surface area contributed by atoms with Crippen LogP contribution in [0.1, 0.15) is 46.1 Å². The molecule has 0 atom stereocenters. The van der Waals surface area contributed by atoms with Gasteiger partial charge in [0.25, 0.3) is 0 Å². The quantitative estimate of drug-likeness (QED) is 0.748. The van der Waals surface area contributed by atoms with E-state index >= 15 is 0 Å². The third-order valence-corrected chi connectivity index (χ3v) is 4.46. The zero-order valence-electron chi connectivity index (χ0n) is 13.5. The molecule has 1 saturated heterocycles. The molecule has 3 nitrogen and oxygen atoms in total. The van der Waals surface area contributed by atoms with Crippen LogP contribution in [-0.2, 0) is 10.2 Å². The van der Waals surface area contributed by atoms with Gasteiger partial charge >= 0.3 is 6.09 Å². The van der Waals surface area contributed by atoms with Gasteiger partial charge < -0.3 is 9.64 Å². The van der Waals surface area contributed by atoms with Crippen molar-refractivity contribution in [3.05, 3.63) is 34.3 Å². The average molecular weight is 356 g/mol. The Labute approximate surface area is 136 Å². The van der Waals surface area contributed by atoms with Crippen molar-refractivity contribution >= 4 is 22.0 Å². The third kappa shape index (κ3) is 4.73. The average Bonchev–Trinajstić information content (AvgIpc) is 2.51. The zero-order chi connectivity index (χ0) is 15.9. The highest BCUT2D eigenvalue weighted by atomic mass is 79.9. The number of nitrogens with zero attached hydrogens (tertiary/aromatic N) is 1. The summed E-state index contributed by atoms with van der Waals surface area (Å²) in [5.74, 6) is 0. The van der Waals surface area contributed by atoms with Crippen LogP contribution in [-0.4, -0.2) is 30.7 Å². The largest absolute Gasteiger partial charge is 0.450 e. The lowest BCUT2D eigenvalue weighted by atomic mass is 9.75. The van der Waals surface area contributed by atoms with Gasteiger partial charge in [-0.2, -0.15) is 0 Å². The van der Waals surface area contributed by atoms with Crippen LogP contribution in [0.15, 0.2) is 28.7 Å². The van der Waals surface area contributed by atoms with Crippen LogP contribution in [0.5, 0.6) is 0 Å². The number of hydrogen-bond donors (Lipinski definition) is 0. The Morgan fingerprint density at radius 2 is 1.76 bits per heavy atom. The Morgan fingerprint density at radius 3 is 2.24 bits per heavy atom. The van der Waals surface area contributed by atoms with Gasteiger partial charge in [0.15, 0.2) is 0 Å². The first-order valence-corrected chi connectivity index (χ1v) is 8.52. The SMILES string of the molecule is CC.CCOC(=O)N1CCC(C)(c2ccc(Br)cc2)CC1. The van der Waals surface area contributed by atoms with Gasteiger partial charge in [-0.1, -0.05) is 48.8 Å². The number of piperidine rings is 1. The van der Waals surface area contributed by atoms with Crippen LogP contribution < -0.4 is 0 Å². The van der Waals surface area contributed by atoms with E-state index in [1.165, 1.54) is 5.56 Å². The van der Waals surface area contributed by atoms with E-state index in [1.807, 2.05) is 25.7 Å². The zero-order valence-corrected chi connectivity index (χ0v) is 15.1. The van der Waals surface area contributed by atoms with Gasteiger partial charge in [0.1, 0.15) is 0 Å². The second kappa shape index (κ2) is 8.42. The Morgan fingerprint density at radius 1 is 1.24 bits per heavy atom. The molecule has 4 heteroatoms. The van der Waals surface area contributed by atoms with Crippen molar-refractivity contribution in [2.24, 2.45) is 0 Å². The number of ether oxygens (including phenoxy) is 1. The van der Waals surface area contributed by atoms with Crippen LogP contribution in [0, 0.1) is 0 Å². The van der Waals surface area contributed by atoms with E-state index in [0.717, 1.165) is 30.4 Å². The summed E-state index contributed by atoms with van der Waals surface area (Å²) in [6.45, 7) is 10.1. The highest BCUT2D eigenvalue weighted by molar-refractivity contribution is 9.10. The Balaban J connectivity index is 0.00000106. The minimum atomic E-state index is -0.180. The fourth-order valence-electron chi connectivity index (χ4n) is 2.54. The van der Waals surface area contributed by atoms with Crippen LogP contribution in [0.4, 0.5) is 4.79 Å². The fourth-order valence-corrected chi connectivity index (χ4v) is 2.80. The number of carbonyl (C=O) groups excluding carboxylic acids is 1. The van der Waals surface area contributed by atoms with Gasteiger partial charge in [-0.3, -0.25) is 0 Å². The van der Waals surface area contributed by atoms with Crippen molar-refractivity contribution in [1.29, 1.82) is 0 Å². The van der Waals surface area contributed by atoms with E-state index < -0.39 is 0 Å². The lowest BCUT2D eigenvalue weighted by Crippen LogP contribution is -2.44. The van der Waals surface area contributed by atoms with Crippen molar-refractivity contribution in [1.82, 2.24) is 4.90 Å². The summed E-state index contributed by atoms with van der Waals surface area (Å²) in [5.41, 5.74) is 1.50. The summed E-state index contributed by atoms with van der Waals surface area (Å²) < 4.78 is 6.15. The number of rotatable bonds is 2. The summed E-state index contributed by atoms with van der Waals surface area (Å²) in [7, 11) is 0. The molecule has 0 bridgehead atoms. The van der Waals surface area contributed by atoms with Crippen LogP contribution >= 0.6 is 15.9 Å². The van der Waals surface area contributed by atoms with Crippen molar-refractivity contribution in [3.8, 4) is 0 Å². The summed E-state index contributed by atoms with van der Waals surface area (Å²) in [6.07, 6.45) is 1.78. The molecule has 2 rings (SSSR count). The summed E-state index contributed by atoms with van der Waals surface area (Å²) >= 11 is 3.46. The standard InChI is InChI=1S/C15H20BrNO2.C2H6/c1-3-19-14(18)17-10-8-15(2,9-11-17)12-4-6-13(16)7-5-12;1-2/h4-7H,3,8-11H2,1-2H3;1-2H3. The smallest absolute Gasteiger partial charge is 0.409 e. The van der Waals surface area contributed by atoms with Crippen LogP contribution in [0.3, 0.4) is 0 Å². The number of amides is 1. The molecular weight excluding hydrogens is 330 g/mol. The fraction of sp³-hybridized carbons (Fsp3) is 0.588. The van der Waals surface area contributed by atoms with E-state index in [-0.39, 0.29) is 11.5 Å². The lowest BCUT2D eigenvalue weighted by molar-refractivity contribution is 0.0885. The molecule has 0 saturated carbocycles. The van der Waals surface area contributed by atoms with Crippen molar-refractivity contribution in [3.63, 3.8) is 0 Å². The Bertz CT molecular complexity index is 437. The molecule has 1 amide bonds. The van der Waals surface area contributed by atoms with E-state index in [4.69, 9.17) is 4.74 Å². The predicted octanol–water partition coefficient (Wildman–Crippen LogP) is 4.99. The van der Waals surface area contributed by atoms with Gasteiger partial charge in [0.05, 0.1) is 6.61 Å². The second-order valence-corrected chi connectivity index (χ2v) is 6.17. The monoisotopic (exact) mass is 355 g/mol. The first-order chi connectivity index (χ1) is 10.0. The lowest BCUT2D eigenvalue weighted by Gasteiger charge is -2.39. The van der Waals surface area contributed by atoms with Gasteiger partial charge in [-0.15, -0.1) is 0 Å². The molecule has 0 unspecified atom stereocenters. The maximum absolute atomic E-state index is 11.7.